The Kier molecular flexibility index (Phi) is 4.94. The van der Waals surface area contributed by atoms with E-state index < -0.39 is 0 Å². The van der Waals surface area contributed by atoms with Gasteiger partial charge in [-0.2, -0.15) is 0 Å². The number of rotatable bonds is 6. The largest absolute Gasteiger partial charge is 0.309 e. The summed E-state index contributed by atoms with van der Waals surface area (Å²) in [6.07, 6.45) is 2.24. The Balaban J connectivity index is 1.83. The molecule has 1 unspecified atom stereocenters. The summed E-state index contributed by atoms with van der Waals surface area (Å²) >= 11 is 9.15. The van der Waals surface area contributed by atoms with E-state index in [0.717, 1.165) is 13.0 Å². The second-order valence-electron chi connectivity index (χ2n) is 4.74. The Morgan fingerprint density at radius 1 is 1.25 bits per heavy atom. The number of thiophene rings is 3. The van der Waals surface area contributed by atoms with E-state index in [9.17, 15) is 0 Å². The highest BCUT2D eigenvalue weighted by Crippen LogP contribution is 2.35. The van der Waals surface area contributed by atoms with Crippen LogP contribution in [0.5, 0.6) is 0 Å². The average molecular weight is 386 g/mol. The summed E-state index contributed by atoms with van der Waals surface area (Å²) in [6, 6.07) is 7.26. The molecule has 1 N–H and O–H groups in total. The van der Waals surface area contributed by atoms with Crippen LogP contribution in [0, 0.1) is 0 Å². The highest BCUT2D eigenvalue weighted by Gasteiger charge is 2.16. The molecule has 0 amide bonds. The van der Waals surface area contributed by atoms with E-state index in [2.05, 4.69) is 57.1 Å². The number of hydrogen-bond donors (Lipinski definition) is 1. The lowest BCUT2D eigenvalue weighted by Gasteiger charge is -2.16. The number of halogens is 1. The Bertz CT molecular complexity index is 653. The molecule has 3 aromatic rings. The normalized spacial score (nSPS) is 13.1. The first kappa shape index (κ1) is 14.7. The first-order valence-electron chi connectivity index (χ1n) is 6.69. The first-order chi connectivity index (χ1) is 9.76. The smallest absolute Gasteiger partial charge is 0.0464 e. The Morgan fingerprint density at radius 3 is 2.85 bits per heavy atom. The molecule has 0 aliphatic rings. The summed E-state index contributed by atoms with van der Waals surface area (Å²) in [6.45, 7) is 3.29. The summed E-state index contributed by atoms with van der Waals surface area (Å²) in [4.78, 5) is 2.90. The number of hydrogen-bond acceptors (Lipinski definition) is 4. The van der Waals surface area contributed by atoms with Crippen LogP contribution in [0.25, 0.3) is 9.40 Å². The lowest BCUT2D eigenvalue weighted by molar-refractivity contribution is 0.540. The zero-order valence-corrected chi connectivity index (χ0v) is 15.2. The molecule has 0 fully saturated rings. The summed E-state index contributed by atoms with van der Waals surface area (Å²) in [5, 5.41) is 8.04. The molecule has 0 aliphatic heterocycles. The predicted molar refractivity (Wildman–Crippen MR) is 96.5 cm³/mol. The van der Waals surface area contributed by atoms with Crippen molar-refractivity contribution in [1.29, 1.82) is 0 Å². The van der Waals surface area contributed by atoms with Gasteiger partial charge >= 0.3 is 0 Å². The molecule has 0 aliphatic carbocycles. The van der Waals surface area contributed by atoms with E-state index in [1.165, 1.54) is 30.0 Å². The maximum atomic E-state index is 3.70. The van der Waals surface area contributed by atoms with E-state index in [0.29, 0.717) is 6.04 Å². The molecule has 0 spiro atoms. The van der Waals surface area contributed by atoms with Crippen molar-refractivity contribution in [3.63, 3.8) is 0 Å². The summed E-state index contributed by atoms with van der Waals surface area (Å²) in [5.41, 5.74) is 0. The second kappa shape index (κ2) is 6.71. The second-order valence-corrected chi connectivity index (χ2v) is 8.71. The van der Waals surface area contributed by atoms with Crippen LogP contribution in [-0.2, 0) is 6.42 Å². The van der Waals surface area contributed by atoms with Crippen LogP contribution in [0.4, 0.5) is 0 Å². The molecule has 3 rings (SSSR count). The Labute approximate surface area is 139 Å². The number of fused-ring (bicyclic) bond motifs is 1. The van der Waals surface area contributed by atoms with Gasteiger partial charge in [-0.25, -0.2) is 0 Å². The van der Waals surface area contributed by atoms with E-state index >= 15 is 0 Å². The molecule has 0 saturated carbocycles. The van der Waals surface area contributed by atoms with Gasteiger partial charge in [0.2, 0.25) is 0 Å². The van der Waals surface area contributed by atoms with Gasteiger partial charge in [-0.1, -0.05) is 6.92 Å². The summed E-state index contributed by atoms with van der Waals surface area (Å²) in [5.74, 6) is 0. The Morgan fingerprint density at radius 2 is 2.15 bits per heavy atom. The van der Waals surface area contributed by atoms with Crippen LogP contribution in [-0.4, -0.2) is 6.54 Å². The highest BCUT2D eigenvalue weighted by atomic mass is 79.9. The molecule has 106 valence electrons. The van der Waals surface area contributed by atoms with Crippen LogP contribution in [0.3, 0.4) is 0 Å². The van der Waals surface area contributed by atoms with E-state index in [4.69, 9.17) is 0 Å². The quantitative estimate of drug-likeness (QED) is 0.542. The fourth-order valence-electron chi connectivity index (χ4n) is 2.21. The van der Waals surface area contributed by atoms with Gasteiger partial charge in [0.15, 0.2) is 0 Å². The predicted octanol–water partition coefficient (Wildman–Crippen LogP) is 6.07. The van der Waals surface area contributed by atoms with Crippen molar-refractivity contribution in [2.75, 3.05) is 6.54 Å². The molecular formula is C15H16BrNS3. The van der Waals surface area contributed by atoms with Crippen LogP contribution in [0.2, 0.25) is 0 Å². The highest BCUT2D eigenvalue weighted by molar-refractivity contribution is 9.10. The van der Waals surface area contributed by atoms with Crippen LogP contribution in [0.1, 0.15) is 29.1 Å². The average Bonchev–Trinajstić information content (AvgIpc) is 3.09. The van der Waals surface area contributed by atoms with Crippen molar-refractivity contribution < 1.29 is 0 Å². The molecule has 20 heavy (non-hydrogen) atoms. The molecule has 0 saturated heterocycles. The molecule has 1 atom stereocenters. The molecule has 0 aromatic carbocycles. The van der Waals surface area contributed by atoms with Gasteiger partial charge in [0.05, 0.1) is 0 Å². The van der Waals surface area contributed by atoms with Crippen molar-refractivity contribution in [2.45, 2.75) is 25.8 Å². The fourth-order valence-corrected chi connectivity index (χ4v) is 5.90. The third kappa shape index (κ3) is 3.34. The van der Waals surface area contributed by atoms with Crippen LogP contribution in [0.15, 0.2) is 33.4 Å². The standard InChI is InChI=1S/C15H16BrNS3/c1-2-4-17-12(7-11-6-10(16)9-19-11)14-8-15-13(20-14)3-5-18-15/h3,5-6,8-9,12,17H,2,4,7H2,1H3. The maximum absolute atomic E-state index is 3.70. The van der Waals surface area contributed by atoms with Gasteiger partial charge in [-0.05, 0) is 52.5 Å². The molecule has 5 heteroatoms. The van der Waals surface area contributed by atoms with Gasteiger partial charge in [0.1, 0.15) is 0 Å². The van der Waals surface area contributed by atoms with Crippen molar-refractivity contribution in [3.05, 3.63) is 43.2 Å². The van der Waals surface area contributed by atoms with Gasteiger partial charge in [0, 0.05) is 41.5 Å². The third-order valence-corrected chi connectivity index (χ3v) is 7.10. The van der Waals surface area contributed by atoms with Gasteiger partial charge < -0.3 is 5.32 Å². The lowest BCUT2D eigenvalue weighted by atomic mass is 10.1. The van der Waals surface area contributed by atoms with Crippen molar-refractivity contribution >= 4 is 59.3 Å². The van der Waals surface area contributed by atoms with Crippen molar-refractivity contribution in [2.24, 2.45) is 0 Å². The third-order valence-electron chi connectivity index (χ3n) is 3.17. The van der Waals surface area contributed by atoms with E-state index in [1.54, 1.807) is 0 Å². The zero-order valence-electron chi connectivity index (χ0n) is 11.2. The lowest BCUT2D eigenvalue weighted by Crippen LogP contribution is -2.22. The minimum atomic E-state index is 0.435. The Hall–Kier alpha value is -0.200. The SMILES string of the molecule is CCCNC(Cc1cc(Br)cs1)c1cc2sccc2s1. The van der Waals surface area contributed by atoms with Gasteiger partial charge in [-0.3, -0.25) is 0 Å². The minimum Gasteiger partial charge on any atom is -0.309 e. The summed E-state index contributed by atoms with van der Waals surface area (Å²) < 4.78 is 4.03. The molecule has 3 heterocycles. The van der Waals surface area contributed by atoms with Crippen LogP contribution >= 0.6 is 49.9 Å². The molecule has 0 radical (unpaired) electrons. The van der Waals surface area contributed by atoms with Gasteiger partial charge in [-0.15, -0.1) is 34.0 Å². The number of nitrogens with one attached hydrogen (secondary N) is 1. The van der Waals surface area contributed by atoms with Crippen molar-refractivity contribution in [3.8, 4) is 0 Å². The molecule has 1 nitrogen and oxygen atoms in total. The summed E-state index contributed by atoms with van der Waals surface area (Å²) in [7, 11) is 0. The first-order valence-corrected chi connectivity index (χ1v) is 10.1. The molecule has 3 aromatic heterocycles. The minimum absolute atomic E-state index is 0.435. The van der Waals surface area contributed by atoms with E-state index in [-0.39, 0.29) is 0 Å². The fraction of sp³-hybridized carbons (Fsp3) is 0.333. The maximum Gasteiger partial charge on any atom is 0.0464 e. The molecule has 0 bridgehead atoms. The topological polar surface area (TPSA) is 12.0 Å². The van der Waals surface area contributed by atoms with Crippen LogP contribution < -0.4 is 5.32 Å². The molecular weight excluding hydrogens is 370 g/mol. The zero-order chi connectivity index (χ0) is 13.9. The van der Waals surface area contributed by atoms with Gasteiger partial charge in [0.25, 0.3) is 0 Å². The monoisotopic (exact) mass is 385 g/mol. The van der Waals surface area contributed by atoms with E-state index in [1.807, 2.05) is 34.0 Å². The van der Waals surface area contributed by atoms with Crippen molar-refractivity contribution in [1.82, 2.24) is 5.32 Å².